The number of pyridine rings is 1. The second-order valence-corrected chi connectivity index (χ2v) is 3.41. The SMILES string of the molecule is Cc1nc(-n2cccc2C#N)ccc1[N+](=O)[O-]. The van der Waals surface area contributed by atoms with Crippen molar-refractivity contribution in [1.29, 1.82) is 5.26 Å². The molecule has 17 heavy (non-hydrogen) atoms. The first-order valence-electron chi connectivity index (χ1n) is 4.83. The number of nitrogens with zero attached hydrogens (tertiary/aromatic N) is 4. The molecule has 0 aromatic carbocycles. The van der Waals surface area contributed by atoms with Gasteiger partial charge in [0, 0.05) is 12.3 Å². The van der Waals surface area contributed by atoms with E-state index in [1.165, 1.54) is 12.1 Å². The molecule has 2 heterocycles. The van der Waals surface area contributed by atoms with E-state index in [4.69, 9.17) is 5.26 Å². The standard InChI is InChI=1S/C11H8N4O2/c1-8-10(15(16)17)4-5-11(13-8)14-6-2-3-9(14)7-12/h2-6H,1H3. The molecule has 0 amide bonds. The zero-order chi connectivity index (χ0) is 12.4. The molecule has 0 bridgehead atoms. The fraction of sp³-hybridized carbons (Fsp3) is 0.0909. The molecule has 0 fully saturated rings. The Hall–Kier alpha value is -2.68. The number of hydrogen-bond donors (Lipinski definition) is 0. The van der Waals surface area contributed by atoms with Gasteiger partial charge in [0.05, 0.1) is 4.92 Å². The van der Waals surface area contributed by atoms with Crippen LogP contribution in [0.2, 0.25) is 0 Å². The first-order valence-corrected chi connectivity index (χ1v) is 4.83. The summed E-state index contributed by atoms with van der Waals surface area (Å²) in [5, 5.41) is 19.5. The Balaban J connectivity index is 2.53. The first-order chi connectivity index (χ1) is 8.13. The van der Waals surface area contributed by atoms with Crippen molar-refractivity contribution in [3.05, 3.63) is 52.0 Å². The zero-order valence-electron chi connectivity index (χ0n) is 8.99. The van der Waals surface area contributed by atoms with Crippen LogP contribution in [0.5, 0.6) is 0 Å². The first kappa shape index (κ1) is 10.8. The fourth-order valence-electron chi connectivity index (χ4n) is 1.54. The lowest BCUT2D eigenvalue weighted by Crippen LogP contribution is -2.02. The molecule has 0 unspecified atom stereocenters. The summed E-state index contributed by atoms with van der Waals surface area (Å²) < 4.78 is 1.58. The molecule has 0 spiro atoms. The summed E-state index contributed by atoms with van der Waals surface area (Å²) in [7, 11) is 0. The van der Waals surface area contributed by atoms with Crippen LogP contribution < -0.4 is 0 Å². The number of rotatable bonds is 2. The maximum Gasteiger partial charge on any atom is 0.290 e. The summed E-state index contributed by atoms with van der Waals surface area (Å²) in [6.45, 7) is 1.57. The van der Waals surface area contributed by atoms with E-state index < -0.39 is 4.92 Å². The summed E-state index contributed by atoms with van der Waals surface area (Å²) in [5.74, 6) is 0.495. The second-order valence-electron chi connectivity index (χ2n) is 3.41. The van der Waals surface area contributed by atoms with E-state index in [0.717, 1.165) is 0 Å². The van der Waals surface area contributed by atoms with E-state index in [2.05, 4.69) is 4.98 Å². The minimum absolute atomic E-state index is 0.0283. The molecule has 0 aliphatic rings. The van der Waals surface area contributed by atoms with E-state index in [9.17, 15) is 10.1 Å². The van der Waals surface area contributed by atoms with Gasteiger partial charge in [-0.05, 0) is 25.1 Å². The Kier molecular flexibility index (Phi) is 2.58. The van der Waals surface area contributed by atoms with Crippen LogP contribution in [0.1, 0.15) is 11.4 Å². The highest BCUT2D eigenvalue weighted by molar-refractivity contribution is 5.42. The third kappa shape index (κ3) is 1.86. The summed E-state index contributed by atoms with van der Waals surface area (Å²) in [6, 6.07) is 8.30. The molecule has 0 aliphatic carbocycles. The molecule has 0 saturated heterocycles. The maximum atomic E-state index is 10.6. The van der Waals surface area contributed by atoms with Crippen molar-refractivity contribution >= 4 is 5.69 Å². The van der Waals surface area contributed by atoms with Crippen LogP contribution in [0.4, 0.5) is 5.69 Å². The van der Waals surface area contributed by atoms with Crippen molar-refractivity contribution < 1.29 is 4.92 Å². The molecule has 2 aromatic rings. The molecule has 2 rings (SSSR count). The molecule has 6 heteroatoms. The smallest absolute Gasteiger partial charge is 0.290 e. The van der Waals surface area contributed by atoms with Crippen LogP contribution >= 0.6 is 0 Å². The average molecular weight is 228 g/mol. The van der Waals surface area contributed by atoms with Crippen molar-refractivity contribution in [3.63, 3.8) is 0 Å². The van der Waals surface area contributed by atoms with Gasteiger partial charge in [-0.1, -0.05) is 0 Å². The van der Waals surface area contributed by atoms with E-state index in [-0.39, 0.29) is 5.69 Å². The van der Waals surface area contributed by atoms with Crippen molar-refractivity contribution in [1.82, 2.24) is 9.55 Å². The van der Waals surface area contributed by atoms with E-state index in [1.54, 1.807) is 29.8 Å². The number of nitro groups is 1. The number of nitriles is 1. The average Bonchev–Trinajstić information content (AvgIpc) is 2.76. The lowest BCUT2D eigenvalue weighted by molar-refractivity contribution is -0.385. The summed E-state index contributed by atoms with van der Waals surface area (Å²) in [4.78, 5) is 14.3. The van der Waals surface area contributed by atoms with Gasteiger partial charge in [-0.2, -0.15) is 5.26 Å². The van der Waals surface area contributed by atoms with Gasteiger partial charge in [-0.25, -0.2) is 4.98 Å². The molecule has 0 N–H and O–H groups in total. The highest BCUT2D eigenvalue weighted by atomic mass is 16.6. The van der Waals surface area contributed by atoms with Crippen molar-refractivity contribution in [3.8, 4) is 11.9 Å². The second kappa shape index (κ2) is 4.06. The molecule has 2 aromatic heterocycles. The summed E-state index contributed by atoms with van der Waals surface area (Å²) in [5.41, 5.74) is 0.732. The molecule has 6 nitrogen and oxygen atoms in total. The van der Waals surface area contributed by atoms with Crippen molar-refractivity contribution in [2.45, 2.75) is 6.92 Å². The number of aryl methyl sites for hydroxylation is 1. The Morgan fingerprint density at radius 3 is 2.82 bits per heavy atom. The Labute approximate surface area is 96.9 Å². The lowest BCUT2D eigenvalue weighted by Gasteiger charge is -2.04. The molecule has 0 saturated carbocycles. The van der Waals surface area contributed by atoms with Gasteiger partial charge in [0.2, 0.25) is 0 Å². The quantitative estimate of drug-likeness (QED) is 0.580. The topological polar surface area (TPSA) is 84.8 Å². The minimum Gasteiger partial charge on any atom is -0.293 e. The molecular weight excluding hydrogens is 220 g/mol. The number of aromatic nitrogens is 2. The van der Waals surface area contributed by atoms with Crippen LogP contribution in [0.15, 0.2) is 30.5 Å². The van der Waals surface area contributed by atoms with Crippen molar-refractivity contribution in [2.75, 3.05) is 0 Å². The van der Waals surface area contributed by atoms with Gasteiger partial charge in [0.1, 0.15) is 23.3 Å². The van der Waals surface area contributed by atoms with E-state index in [1.807, 2.05) is 6.07 Å². The van der Waals surface area contributed by atoms with Crippen LogP contribution in [0.25, 0.3) is 5.82 Å². The van der Waals surface area contributed by atoms with Gasteiger partial charge in [0.25, 0.3) is 5.69 Å². The molecule has 0 aliphatic heterocycles. The summed E-state index contributed by atoms with van der Waals surface area (Å²) >= 11 is 0. The predicted molar refractivity (Wildman–Crippen MR) is 59.7 cm³/mol. The Morgan fingerprint density at radius 1 is 1.47 bits per heavy atom. The largest absolute Gasteiger partial charge is 0.293 e. The Morgan fingerprint density at radius 2 is 2.24 bits per heavy atom. The zero-order valence-corrected chi connectivity index (χ0v) is 8.99. The predicted octanol–water partition coefficient (Wildman–Crippen LogP) is 1.96. The lowest BCUT2D eigenvalue weighted by atomic mass is 10.3. The monoisotopic (exact) mass is 228 g/mol. The van der Waals surface area contributed by atoms with Crippen LogP contribution in [-0.2, 0) is 0 Å². The van der Waals surface area contributed by atoms with Crippen molar-refractivity contribution in [2.24, 2.45) is 0 Å². The minimum atomic E-state index is -0.479. The third-order valence-electron chi connectivity index (χ3n) is 2.35. The van der Waals surface area contributed by atoms with Gasteiger partial charge >= 0.3 is 0 Å². The highest BCUT2D eigenvalue weighted by Gasteiger charge is 2.13. The molecule has 84 valence electrons. The molecule has 0 radical (unpaired) electrons. The number of hydrogen-bond acceptors (Lipinski definition) is 4. The Bertz CT molecular complexity index is 625. The van der Waals surface area contributed by atoms with Crippen LogP contribution in [0, 0.1) is 28.4 Å². The molecule has 0 atom stereocenters. The van der Waals surface area contributed by atoms with Gasteiger partial charge in [0.15, 0.2) is 0 Å². The van der Waals surface area contributed by atoms with E-state index in [0.29, 0.717) is 17.2 Å². The van der Waals surface area contributed by atoms with Gasteiger partial charge in [-0.15, -0.1) is 0 Å². The van der Waals surface area contributed by atoms with E-state index >= 15 is 0 Å². The molecular formula is C11H8N4O2. The maximum absolute atomic E-state index is 10.6. The fourth-order valence-corrected chi connectivity index (χ4v) is 1.54. The summed E-state index contributed by atoms with van der Waals surface area (Å²) in [6.07, 6.45) is 1.69. The van der Waals surface area contributed by atoms with Gasteiger partial charge < -0.3 is 0 Å². The third-order valence-corrected chi connectivity index (χ3v) is 2.35. The van der Waals surface area contributed by atoms with Crippen LogP contribution in [-0.4, -0.2) is 14.5 Å². The van der Waals surface area contributed by atoms with Crippen LogP contribution in [0.3, 0.4) is 0 Å². The highest BCUT2D eigenvalue weighted by Crippen LogP contribution is 2.18. The normalized spacial score (nSPS) is 9.88. The van der Waals surface area contributed by atoms with Gasteiger partial charge in [-0.3, -0.25) is 14.7 Å².